The molecule has 0 saturated carbocycles. The summed E-state index contributed by atoms with van der Waals surface area (Å²) in [6.07, 6.45) is 0.917. The third-order valence-corrected chi connectivity index (χ3v) is 4.08. The number of amides is 1. The fourth-order valence-corrected chi connectivity index (χ4v) is 2.60. The zero-order valence-electron chi connectivity index (χ0n) is 12.9. The second-order valence-corrected chi connectivity index (χ2v) is 5.77. The van der Waals surface area contributed by atoms with Gasteiger partial charge in [0.15, 0.2) is 0 Å². The molecule has 122 valence electrons. The maximum absolute atomic E-state index is 11.8. The Morgan fingerprint density at radius 1 is 1.26 bits per heavy atom. The van der Waals surface area contributed by atoms with Crippen molar-refractivity contribution in [2.24, 2.45) is 0 Å². The number of hydrogen-bond acceptors (Lipinski definition) is 6. The van der Waals surface area contributed by atoms with Gasteiger partial charge in [0.05, 0.1) is 18.8 Å². The predicted octanol–water partition coefficient (Wildman–Crippen LogP) is 3.31. The van der Waals surface area contributed by atoms with E-state index in [4.69, 9.17) is 9.47 Å². The number of alkyl carbamates (subject to hydrolysis) is 1. The van der Waals surface area contributed by atoms with Gasteiger partial charge in [-0.15, -0.1) is 11.3 Å². The van der Waals surface area contributed by atoms with Gasteiger partial charge in [-0.05, 0) is 19.4 Å². The first-order valence-electron chi connectivity index (χ1n) is 7.20. The quantitative estimate of drug-likeness (QED) is 0.820. The predicted molar refractivity (Wildman–Crippen MR) is 86.2 cm³/mol. The molecule has 1 aromatic heterocycles. The highest BCUT2D eigenvalue weighted by Crippen LogP contribution is 2.20. The molecule has 1 heterocycles. The third kappa shape index (κ3) is 5.07. The molecule has 0 aliphatic carbocycles. The van der Waals surface area contributed by atoms with Crippen molar-refractivity contribution in [1.82, 2.24) is 10.3 Å². The second kappa shape index (κ2) is 8.28. The zero-order valence-corrected chi connectivity index (χ0v) is 13.8. The summed E-state index contributed by atoms with van der Waals surface area (Å²) in [5, 5.41) is 3.30. The number of hydrogen-bond donors (Lipinski definition) is 1. The normalized spacial score (nSPS) is 11.6. The lowest BCUT2D eigenvalue weighted by molar-refractivity contribution is 0.0531. The van der Waals surface area contributed by atoms with Crippen LogP contribution in [0.5, 0.6) is 0 Å². The van der Waals surface area contributed by atoms with Crippen LogP contribution in [0.1, 0.15) is 40.1 Å². The zero-order chi connectivity index (χ0) is 16.7. The highest BCUT2D eigenvalue weighted by molar-refractivity contribution is 7.13. The van der Waals surface area contributed by atoms with Crippen LogP contribution in [0.3, 0.4) is 0 Å². The molecule has 1 N–H and O–H groups in total. The van der Waals surface area contributed by atoms with Gasteiger partial charge in [-0.1, -0.05) is 30.3 Å². The third-order valence-electron chi connectivity index (χ3n) is 2.92. The molecule has 0 aliphatic rings. The standard InChI is InChI=1S/C16H18N2O4S/c1-3-21-15(19)13-9-17-14(23-13)11(2)18-16(20)22-10-12-7-5-4-6-8-12/h4-9,11H,3,10H2,1-2H3,(H,18,20). The van der Waals surface area contributed by atoms with Crippen LogP contribution in [0.4, 0.5) is 4.79 Å². The summed E-state index contributed by atoms with van der Waals surface area (Å²) in [6.45, 7) is 4.03. The number of rotatable bonds is 6. The molecule has 6 nitrogen and oxygen atoms in total. The molecular weight excluding hydrogens is 316 g/mol. The molecule has 0 aliphatic heterocycles. The molecule has 7 heteroatoms. The Morgan fingerprint density at radius 2 is 2.00 bits per heavy atom. The van der Waals surface area contributed by atoms with Crippen molar-refractivity contribution in [2.75, 3.05) is 6.61 Å². The number of benzene rings is 1. The number of nitrogens with one attached hydrogen (secondary N) is 1. The average molecular weight is 334 g/mol. The molecule has 2 aromatic rings. The first-order chi connectivity index (χ1) is 11.1. The summed E-state index contributed by atoms with van der Waals surface area (Å²) in [6, 6.07) is 9.06. The summed E-state index contributed by atoms with van der Waals surface area (Å²) in [7, 11) is 0. The molecule has 1 atom stereocenters. The Morgan fingerprint density at radius 3 is 2.70 bits per heavy atom. The molecular formula is C16H18N2O4S. The maximum Gasteiger partial charge on any atom is 0.408 e. The van der Waals surface area contributed by atoms with Crippen molar-refractivity contribution in [3.05, 3.63) is 52.0 Å². The van der Waals surface area contributed by atoms with Crippen molar-refractivity contribution in [2.45, 2.75) is 26.5 Å². The fraction of sp³-hybridized carbons (Fsp3) is 0.312. The van der Waals surface area contributed by atoms with Crippen molar-refractivity contribution in [1.29, 1.82) is 0 Å². The van der Waals surface area contributed by atoms with E-state index in [1.807, 2.05) is 30.3 Å². The summed E-state index contributed by atoms with van der Waals surface area (Å²) in [5.41, 5.74) is 0.911. The van der Waals surface area contributed by atoms with E-state index in [-0.39, 0.29) is 12.6 Å². The van der Waals surface area contributed by atoms with E-state index in [2.05, 4.69) is 10.3 Å². The van der Waals surface area contributed by atoms with E-state index in [9.17, 15) is 9.59 Å². The molecule has 1 amide bonds. The molecule has 1 unspecified atom stereocenters. The van der Waals surface area contributed by atoms with Crippen molar-refractivity contribution in [3.8, 4) is 0 Å². The maximum atomic E-state index is 11.8. The van der Waals surface area contributed by atoms with Gasteiger partial charge in [-0.2, -0.15) is 0 Å². The average Bonchev–Trinajstić information content (AvgIpc) is 3.04. The minimum Gasteiger partial charge on any atom is -0.462 e. The Hall–Kier alpha value is -2.41. The van der Waals surface area contributed by atoms with Crippen LogP contribution in [-0.4, -0.2) is 23.7 Å². The number of esters is 1. The van der Waals surface area contributed by atoms with Crippen LogP contribution in [0.25, 0.3) is 0 Å². The van der Waals surface area contributed by atoms with Crippen molar-refractivity contribution in [3.63, 3.8) is 0 Å². The summed E-state index contributed by atoms with van der Waals surface area (Å²) >= 11 is 1.19. The number of thiazole rings is 1. The van der Waals surface area contributed by atoms with E-state index in [1.165, 1.54) is 17.5 Å². The minimum atomic E-state index is -0.533. The Balaban J connectivity index is 1.85. The van der Waals surface area contributed by atoms with E-state index < -0.39 is 12.1 Å². The van der Waals surface area contributed by atoms with Crippen LogP contribution in [-0.2, 0) is 16.1 Å². The molecule has 2 rings (SSSR count). The van der Waals surface area contributed by atoms with Crippen molar-refractivity contribution < 1.29 is 19.1 Å². The molecule has 0 bridgehead atoms. The Bertz CT molecular complexity index is 657. The first-order valence-corrected chi connectivity index (χ1v) is 8.02. The van der Waals surface area contributed by atoms with E-state index in [0.717, 1.165) is 5.56 Å². The largest absolute Gasteiger partial charge is 0.462 e. The number of carbonyl (C=O) groups is 2. The number of nitrogens with zero attached hydrogens (tertiary/aromatic N) is 1. The summed E-state index contributed by atoms with van der Waals surface area (Å²) in [4.78, 5) is 27.9. The van der Waals surface area contributed by atoms with Gasteiger partial charge in [-0.3, -0.25) is 0 Å². The van der Waals surface area contributed by atoms with Crippen LogP contribution in [0.2, 0.25) is 0 Å². The minimum absolute atomic E-state index is 0.200. The van der Waals surface area contributed by atoms with E-state index >= 15 is 0 Å². The van der Waals surface area contributed by atoms with Crippen LogP contribution in [0.15, 0.2) is 36.5 Å². The van der Waals surface area contributed by atoms with Gasteiger partial charge in [0.25, 0.3) is 0 Å². The van der Waals surface area contributed by atoms with Gasteiger partial charge in [-0.25, -0.2) is 14.6 Å². The number of aromatic nitrogens is 1. The smallest absolute Gasteiger partial charge is 0.408 e. The lowest BCUT2D eigenvalue weighted by Gasteiger charge is -2.11. The second-order valence-electron chi connectivity index (χ2n) is 4.71. The summed E-state index contributed by atoms with van der Waals surface area (Å²) < 4.78 is 10.1. The SMILES string of the molecule is CCOC(=O)c1cnc(C(C)NC(=O)OCc2ccccc2)s1. The highest BCUT2D eigenvalue weighted by Gasteiger charge is 2.17. The lowest BCUT2D eigenvalue weighted by Crippen LogP contribution is -2.27. The Kier molecular flexibility index (Phi) is 6.10. The molecule has 1 aromatic carbocycles. The number of ether oxygens (including phenoxy) is 2. The highest BCUT2D eigenvalue weighted by atomic mass is 32.1. The van der Waals surface area contributed by atoms with Gasteiger partial charge in [0.2, 0.25) is 0 Å². The lowest BCUT2D eigenvalue weighted by atomic mass is 10.2. The fourth-order valence-electron chi connectivity index (χ4n) is 1.79. The number of carbonyl (C=O) groups excluding carboxylic acids is 2. The van der Waals surface area contributed by atoms with Gasteiger partial charge >= 0.3 is 12.1 Å². The van der Waals surface area contributed by atoms with E-state index in [0.29, 0.717) is 16.5 Å². The van der Waals surface area contributed by atoms with Crippen LogP contribution < -0.4 is 5.32 Å². The molecule has 0 spiro atoms. The monoisotopic (exact) mass is 334 g/mol. The van der Waals surface area contributed by atoms with Gasteiger partial charge in [0, 0.05) is 0 Å². The van der Waals surface area contributed by atoms with Gasteiger partial charge < -0.3 is 14.8 Å². The summed E-state index contributed by atoms with van der Waals surface area (Å²) in [5.74, 6) is -0.407. The van der Waals surface area contributed by atoms with Crippen LogP contribution >= 0.6 is 11.3 Å². The van der Waals surface area contributed by atoms with Crippen LogP contribution in [0, 0.1) is 0 Å². The molecule has 23 heavy (non-hydrogen) atoms. The molecule has 0 saturated heterocycles. The van der Waals surface area contributed by atoms with Gasteiger partial charge in [0.1, 0.15) is 16.5 Å². The molecule has 0 fully saturated rings. The van der Waals surface area contributed by atoms with E-state index in [1.54, 1.807) is 13.8 Å². The topological polar surface area (TPSA) is 77.5 Å². The van der Waals surface area contributed by atoms with Crippen molar-refractivity contribution >= 4 is 23.4 Å². The molecule has 0 radical (unpaired) electrons. The first kappa shape index (κ1) is 17.0. The Labute approximate surface area is 138 Å².